The zero-order valence-electron chi connectivity index (χ0n) is 14.3. The molecule has 1 aromatic rings. The van der Waals surface area contributed by atoms with Crippen LogP contribution in [0, 0.1) is 12.8 Å². The van der Waals surface area contributed by atoms with Gasteiger partial charge in [-0.2, -0.15) is 0 Å². The van der Waals surface area contributed by atoms with E-state index in [1.165, 1.54) is 12.8 Å². The number of nitrogens with zero attached hydrogens (tertiary/aromatic N) is 2. The van der Waals surface area contributed by atoms with E-state index in [1.54, 1.807) is 0 Å². The van der Waals surface area contributed by atoms with Crippen LogP contribution in [0.1, 0.15) is 61.8 Å². The van der Waals surface area contributed by atoms with Gasteiger partial charge in [0.1, 0.15) is 11.3 Å². The van der Waals surface area contributed by atoms with Gasteiger partial charge in [-0.05, 0) is 32.2 Å². The van der Waals surface area contributed by atoms with Crippen LogP contribution in [0.5, 0.6) is 0 Å². The summed E-state index contributed by atoms with van der Waals surface area (Å²) >= 11 is 0. The Morgan fingerprint density at radius 1 is 1.45 bits per heavy atom. The second-order valence-corrected chi connectivity index (χ2v) is 6.67. The molecule has 5 nitrogen and oxygen atoms in total. The number of piperidine rings is 1. The third-order valence-electron chi connectivity index (χ3n) is 4.33. The van der Waals surface area contributed by atoms with E-state index < -0.39 is 0 Å². The summed E-state index contributed by atoms with van der Waals surface area (Å²) in [6.07, 6.45) is 4.37. The summed E-state index contributed by atoms with van der Waals surface area (Å²) in [5, 5.41) is 7.00. The first-order valence-corrected chi connectivity index (χ1v) is 8.50. The van der Waals surface area contributed by atoms with Crippen LogP contribution in [0.2, 0.25) is 0 Å². The fourth-order valence-electron chi connectivity index (χ4n) is 3.25. The number of hydrogen-bond acceptors (Lipinski definition) is 4. The van der Waals surface area contributed by atoms with Crippen LogP contribution in [0.3, 0.4) is 0 Å². The lowest BCUT2D eigenvalue weighted by molar-refractivity contribution is 0.0900. The number of amides is 1. The van der Waals surface area contributed by atoms with Crippen LogP contribution >= 0.6 is 0 Å². The van der Waals surface area contributed by atoms with E-state index in [9.17, 15) is 4.79 Å². The molecule has 22 heavy (non-hydrogen) atoms. The van der Waals surface area contributed by atoms with Gasteiger partial charge in [-0.3, -0.25) is 9.69 Å². The van der Waals surface area contributed by atoms with Gasteiger partial charge >= 0.3 is 0 Å². The predicted octanol–water partition coefficient (Wildman–Crippen LogP) is 2.79. The molecular weight excluding hydrogens is 278 g/mol. The quantitative estimate of drug-likeness (QED) is 0.878. The summed E-state index contributed by atoms with van der Waals surface area (Å²) in [5.41, 5.74) is 1.30. The van der Waals surface area contributed by atoms with Crippen LogP contribution in [0.25, 0.3) is 0 Å². The van der Waals surface area contributed by atoms with Gasteiger partial charge in [0.05, 0.1) is 5.69 Å². The molecule has 1 aliphatic rings. The summed E-state index contributed by atoms with van der Waals surface area (Å²) in [7, 11) is 0. The third kappa shape index (κ3) is 4.09. The summed E-state index contributed by atoms with van der Waals surface area (Å²) < 4.78 is 5.21. The van der Waals surface area contributed by atoms with E-state index >= 15 is 0 Å². The Hall–Kier alpha value is -1.36. The topological polar surface area (TPSA) is 58.4 Å². The fourth-order valence-corrected chi connectivity index (χ4v) is 3.25. The average Bonchev–Trinajstić information content (AvgIpc) is 2.86. The maximum atomic E-state index is 12.4. The number of aryl methyl sites for hydroxylation is 2. The Morgan fingerprint density at radius 2 is 2.23 bits per heavy atom. The average molecular weight is 307 g/mol. The number of likely N-dealkylation sites (tertiary alicyclic amines) is 1. The first kappa shape index (κ1) is 17.0. The zero-order chi connectivity index (χ0) is 16.1. The van der Waals surface area contributed by atoms with Crippen LogP contribution in [-0.2, 0) is 6.42 Å². The lowest BCUT2D eigenvalue weighted by Crippen LogP contribution is -2.48. The van der Waals surface area contributed by atoms with Gasteiger partial charge in [0.2, 0.25) is 0 Å². The molecule has 0 bridgehead atoms. The minimum atomic E-state index is -0.0503. The first-order chi connectivity index (χ1) is 10.5. The monoisotopic (exact) mass is 307 g/mol. The normalized spacial score (nSPS) is 19.6. The molecule has 0 aliphatic carbocycles. The minimum absolute atomic E-state index is 0.0503. The molecule has 1 saturated heterocycles. The fraction of sp³-hybridized carbons (Fsp3) is 0.765. The van der Waals surface area contributed by atoms with Gasteiger partial charge in [0.25, 0.3) is 5.91 Å². The number of rotatable bonds is 6. The number of hydrogen-bond donors (Lipinski definition) is 1. The van der Waals surface area contributed by atoms with Gasteiger partial charge in [-0.25, -0.2) is 0 Å². The molecule has 1 fully saturated rings. The molecule has 2 rings (SSSR count). The van der Waals surface area contributed by atoms with Crippen molar-refractivity contribution in [3.05, 3.63) is 17.0 Å². The molecule has 1 aromatic heterocycles. The standard InChI is InChI=1S/C17H29N3O2/c1-5-15-16(13(4)19-22-15)17(21)18-10-14-8-6-7-9-20(14)11-12(2)3/h12,14H,5-11H2,1-4H3,(H,18,21)/t14-/m0/s1. The van der Waals surface area contributed by atoms with E-state index in [2.05, 4.69) is 29.2 Å². The molecule has 0 spiro atoms. The van der Waals surface area contributed by atoms with Gasteiger partial charge in [-0.1, -0.05) is 32.3 Å². The van der Waals surface area contributed by atoms with Crippen molar-refractivity contribution >= 4 is 5.91 Å². The van der Waals surface area contributed by atoms with Crippen molar-refractivity contribution in [2.24, 2.45) is 5.92 Å². The lowest BCUT2D eigenvalue weighted by Gasteiger charge is -2.36. The molecule has 1 N–H and O–H groups in total. The van der Waals surface area contributed by atoms with E-state index in [0.717, 1.165) is 19.5 Å². The smallest absolute Gasteiger partial charge is 0.256 e. The Bertz CT molecular complexity index is 496. The maximum Gasteiger partial charge on any atom is 0.256 e. The third-order valence-corrected chi connectivity index (χ3v) is 4.33. The zero-order valence-corrected chi connectivity index (χ0v) is 14.3. The number of nitrogens with one attached hydrogen (secondary N) is 1. The molecule has 0 saturated carbocycles. The van der Waals surface area contributed by atoms with Crippen LogP contribution in [-0.4, -0.2) is 41.6 Å². The van der Waals surface area contributed by atoms with Crippen molar-refractivity contribution in [2.75, 3.05) is 19.6 Å². The second-order valence-electron chi connectivity index (χ2n) is 6.67. The highest BCUT2D eigenvalue weighted by Gasteiger charge is 2.25. The summed E-state index contributed by atoms with van der Waals surface area (Å²) in [4.78, 5) is 15.0. The lowest BCUT2D eigenvalue weighted by atomic mass is 10.00. The van der Waals surface area contributed by atoms with Crippen LogP contribution < -0.4 is 5.32 Å². The van der Waals surface area contributed by atoms with E-state index in [4.69, 9.17) is 4.52 Å². The van der Waals surface area contributed by atoms with Gasteiger partial charge < -0.3 is 9.84 Å². The molecule has 2 heterocycles. The highest BCUT2D eigenvalue weighted by Crippen LogP contribution is 2.19. The Labute approximate surface area is 133 Å². The number of aromatic nitrogens is 1. The Kier molecular flexibility index (Phi) is 6.00. The van der Waals surface area contributed by atoms with Crippen LogP contribution in [0.4, 0.5) is 0 Å². The summed E-state index contributed by atoms with van der Waals surface area (Å²) in [6.45, 7) is 11.2. The maximum absolute atomic E-state index is 12.4. The molecule has 124 valence electrons. The minimum Gasteiger partial charge on any atom is -0.360 e. The predicted molar refractivity (Wildman–Crippen MR) is 87.0 cm³/mol. The molecule has 0 radical (unpaired) electrons. The second kappa shape index (κ2) is 7.77. The summed E-state index contributed by atoms with van der Waals surface area (Å²) in [5.74, 6) is 1.28. The molecule has 1 amide bonds. The number of carbonyl (C=O) groups excluding carboxylic acids is 1. The Balaban J connectivity index is 1.95. The van der Waals surface area contributed by atoms with Crippen molar-refractivity contribution < 1.29 is 9.32 Å². The number of carbonyl (C=O) groups is 1. The van der Waals surface area contributed by atoms with Crippen molar-refractivity contribution in [3.63, 3.8) is 0 Å². The van der Waals surface area contributed by atoms with E-state index in [1.807, 2.05) is 13.8 Å². The first-order valence-electron chi connectivity index (χ1n) is 8.50. The van der Waals surface area contributed by atoms with E-state index in [0.29, 0.717) is 41.9 Å². The van der Waals surface area contributed by atoms with E-state index in [-0.39, 0.29) is 5.91 Å². The van der Waals surface area contributed by atoms with Crippen molar-refractivity contribution in [1.29, 1.82) is 0 Å². The molecule has 0 unspecified atom stereocenters. The molecule has 0 aromatic carbocycles. The molecule has 1 aliphatic heterocycles. The van der Waals surface area contributed by atoms with Crippen molar-refractivity contribution in [1.82, 2.24) is 15.4 Å². The SMILES string of the molecule is CCc1onc(C)c1C(=O)NC[C@@H]1CCCCN1CC(C)C. The Morgan fingerprint density at radius 3 is 2.91 bits per heavy atom. The molecule has 5 heteroatoms. The van der Waals surface area contributed by atoms with Gasteiger partial charge in [0.15, 0.2) is 0 Å². The summed E-state index contributed by atoms with van der Waals surface area (Å²) in [6, 6.07) is 0.449. The van der Waals surface area contributed by atoms with Gasteiger partial charge in [0, 0.05) is 25.6 Å². The highest BCUT2D eigenvalue weighted by atomic mass is 16.5. The van der Waals surface area contributed by atoms with Crippen molar-refractivity contribution in [3.8, 4) is 0 Å². The van der Waals surface area contributed by atoms with Crippen molar-refractivity contribution in [2.45, 2.75) is 59.4 Å². The molecule has 1 atom stereocenters. The molecular formula is C17H29N3O2. The van der Waals surface area contributed by atoms with Gasteiger partial charge in [-0.15, -0.1) is 0 Å². The highest BCUT2D eigenvalue weighted by molar-refractivity contribution is 5.96. The largest absolute Gasteiger partial charge is 0.360 e. The van der Waals surface area contributed by atoms with Crippen LogP contribution in [0.15, 0.2) is 4.52 Å².